The van der Waals surface area contributed by atoms with E-state index in [-0.39, 0.29) is 0 Å². The van der Waals surface area contributed by atoms with Crippen molar-refractivity contribution in [3.05, 3.63) is 16.1 Å². The number of hydrogen-bond donors (Lipinski definition) is 2. The molecule has 0 aliphatic carbocycles. The smallest absolute Gasteiger partial charge is 0.475 e. The number of carbonyl (C=O) groups is 1. The van der Waals surface area contributed by atoms with E-state index in [1.165, 1.54) is 30.7 Å². The highest BCUT2D eigenvalue weighted by Gasteiger charge is 2.39. The Morgan fingerprint density at radius 2 is 1.96 bits per heavy atom. The second-order valence-electron chi connectivity index (χ2n) is 5.97. The Kier molecular flexibility index (Phi) is 5.64. The summed E-state index contributed by atoms with van der Waals surface area (Å²) in [6, 6.07) is 1.88. The van der Waals surface area contributed by atoms with Crippen molar-refractivity contribution < 1.29 is 23.1 Å². The van der Waals surface area contributed by atoms with Crippen molar-refractivity contribution in [3.8, 4) is 0 Å². The van der Waals surface area contributed by atoms with Gasteiger partial charge >= 0.3 is 12.1 Å². The first kappa shape index (κ1) is 18.2. The van der Waals surface area contributed by atoms with Crippen molar-refractivity contribution in [2.24, 2.45) is 5.73 Å². The predicted octanol–water partition coefficient (Wildman–Crippen LogP) is 2.54. The highest BCUT2D eigenvalue weighted by Crippen LogP contribution is 2.36. The average Bonchev–Trinajstić information content (AvgIpc) is 2.92. The molecule has 3 N–H and O–H groups in total. The lowest BCUT2D eigenvalue weighted by atomic mass is 9.98. The fraction of sp³-hybridized carbons (Fsp3) is 0.714. The first-order valence-electron chi connectivity index (χ1n) is 7.39. The third-order valence-corrected chi connectivity index (χ3v) is 5.10. The number of carboxylic acid groups (broad SMARTS) is 1. The van der Waals surface area contributed by atoms with Crippen LogP contribution in [-0.2, 0) is 11.3 Å². The zero-order chi connectivity index (χ0) is 17.2. The van der Waals surface area contributed by atoms with Gasteiger partial charge < -0.3 is 10.8 Å². The number of thiazole rings is 1. The topological polar surface area (TPSA) is 79.5 Å². The van der Waals surface area contributed by atoms with Crippen LogP contribution in [0.3, 0.4) is 0 Å². The third-order valence-electron chi connectivity index (χ3n) is 4.15. The van der Waals surface area contributed by atoms with Gasteiger partial charge in [0.15, 0.2) is 0 Å². The molecule has 5 nitrogen and oxygen atoms in total. The van der Waals surface area contributed by atoms with E-state index in [1.54, 1.807) is 11.3 Å². The lowest BCUT2D eigenvalue weighted by Crippen LogP contribution is -2.46. The Morgan fingerprint density at radius 1 is 1.43 bits per heavy atom. The van der Waals surface area contributed by atoms with E-state index in [0.29, 0.717) is 6.04 Å². The monoisotopic (exact) mass is 351 g/mol. The standard InChI is InChI=1S/C12H19N3S.C2HF3O2/c1-8-7-16-12(14-8)6-15-10-2-3-11(15)5-9(13)4-10;3-2(4,5)1(6)7/h7,9-11H,2-6,13H2,1H3;(H,6,7)/t9?,10-,11+;. The van der Waals surface area contributed by atoms with Gasteiger partial charge in [-0.2, -0.15) is 13.2 Å². The summed E-state index contributed by atoms with van der Waals surface area (Å²) < 4.78 is 31.7. The van der Waals surface area contributed by atoms with Gasteiger partial charge in [0.25, 0.3) is 0 Å². The van der Waals surface area contributed by atoms with Gasteiger partial charge in [0, 0.05) is 29.2 Å². The van der Waals surface area contributed by atoms with Crippen molar-refractivity contribution >= 4 is 17.3 Å². The first-order valence-corrected chi connectivity index (χ1v) is 8.27. The molecular weight excluding hydrogens is 331 g/mol. The molecular formula is C14H20F3N3O2S. The summed E-state index contributed by atoms with van der Waals surface area (Å²) in [7, 11) is 0. The number of hydrogen-bond acceptors (Lipinski definition) is 5. The van der Waals surface area contributed by atoms with Crippen LogP contribution in [-0.4, -0.2) is 45.3 Å². The van der Waals surface area contributed by atoms with E-state index in [9.17, 15) is 13.2 Å². The normalized spacial score (nSPS) is 27.4. The van der Waals surface area contributed by atoms with Crippen molar-refractivity contribution in [2.45, 2.75) is 63.5 Å². The van der Waals surface area contributed by atoms with Gasteiger partial charge in [-0.25, -0.2) is 9.78 Å². The molecule has 9 heteroatoms. The van der Waals surface area contributed by atoms with E-state index < -0.39 is 12.1 Å². The van der Waals surface area contributed by atoms with Gasteiger partial charge in [0.1, 0.15) is 5.01 Å². The Balaban J connectivity index is 0.000000236. The van der Waals surface area contributed by atoms with E-state index in [0.717, 1.165) is 24.3 Å². The number of fused-ring (bicyclic) bond motifs is 2. The minimum Gasteiger partial charge on any atom is -0.475 e. The Bertz CT molecular complexity index is 536. The molecule has 3 rings (SSSR count). The molecule has 1 aromatic rings. The van der Waals surface area contributed by atoms with Crippen LogP contribution < -0.4 is 5.73 Å². The number of aryl methyl sites for hydroxylation is 1. The molecule has 2 aliphatic heterocycles. The summed E-state index contributed by atoms with van der Waals surface area (Å²) in [4.78, 5) is 16.1. The number of halogens is 3. The van der Waals surface area contributed by atoms with Crippen molar-refractivity contribution in [3.63, 3.8) is 0 Å². The molecule has 3 atom stereocenters. The Hall–Kier alpha value is -1.19. The van der Waals surface area contributed by atoms with E-state index >= 15 is 0 Å². The minimum atomic E-state index is -5.08. The van der Waals surface area contributed by atoms with Gasteiger partial charge in [-0.15, -0.1) is 11.3 Å². The number of carboxylic acids is 1. The van der Waals surface area contributed by atoms with E-state index in [4.69, 9.17) is 15.6 Å². The van der Waals surface area contributed by atoms with Crippen LogP contribution in [0.25, 0.3) is 0 Å². The first-order chi connectivity index (χ1) is 10.7. The number of alkyl halides is 3. The van der Waals surface area contributed by atoms with Gasteiger partial charge in [0.2, 0.25) is 0 Å². The second kappa shape index (κ2) is 7.14. The highest BCUT2D eigenvalue weighted by molar-refractivity contribution is 7.09. The largest absolute Gasteiger partial charge is 0.490 e. The molecule has 2 aliphatic rings. The molecule has 0 aromatic carbocycles. The van der Waals surface area contributed by atoms with Crippen LogP contribution in [0.4, 0.5) is 13.2 Å². The van der Waals surface area contributed by atoms with Gasteiger partial charge in [-0.05, 0) is 32.6 Å². The Morgan fingerprint density at radius 3 is 2.35 bits per heavy atom. The van der Waals surface area contributed by atoms with Crippen molar-refractivity contribution in [1.29, 1.82) is 0 Å². The van der Waals surface area contributed by atoms with Gasteiger partial charge in [0.05, 0.1) is 6.54 Å². The lowest BCUT2D eigenvalue weighted by Gasteiger charge is -2.37. The van der Waals surface area contributed by atoms with Crippen molar-refractivity contribution in [2.75, 3.05) is 0 Å². The number of aliphatic carboxylic acids is 1. The molecule has 0 amide bonds. The van der Waals surface area contributed by atoms with Crippen LogP contribution in [0.1, 0.15) is 36.4 Å². The molecule has 0 saturated carbocycles. The van der Waals surface area contributed by atoms with E-state index in [2.05, 4.69) is 22.2 Å². The Labute approximate surface area is 136 Å². The maximum Gasteiger partial charge on any atom is 0.490 e. The third kappa shape index (κ3) is 4.89. The predicted molar refractivity (Wildman–Crippen MR) is 80.1 cm³/mol. The number of rotatable bonds is 2. The molecule has 130 valence electrons. The van der Waals surface area contributed by atoms with Crippen LogP contribution in [0.2, 0.25) is 0 Å². The number of piperidine rings is 1. The zero-order valence-electron chi connectivity index (χ0n) is 12.7. The summed E-state index contributed by atoms with van der Waals surface area (Å²) >= 11 is 1.79. The summed E-state index contributed by atoms with van der Waals surface area (Å²) in [6.45, 7) is 3.11. The molecule has 2 fully saturated rings. The zero-order valence-corrected chi connectivity index (χ0v) is 13.5. The van der Waals surface area contributed by atoms with E-state index in [1.807, 2.05) is 0 Å². The molecule has 2 saturated heterocycles. The van der Waals surface area contributed by atoms with Gasteiger partial charge in [-0.3, -0.25) is 4.90 Å². The minimum absolute atomic E-state index is 0.437. The average molecular weight is 351 g/mol. The molecule has 0 spiro atoms. The SMILES string of the molecule is Cc1csc(CN2[C@@H]3CC[C@H]2CC(N)C3)n1.O=C(O)C(F)(F)F. The molecule has 1 unspecified atom stereocenters. The molecule has 2 bridgehead atoms. The molecule has 0 radical (unpaired) electrons. The van der Waals surface area contributed by atoms with Crippen LogP contribution in [0, 0.1) is 6.92 Å². The number of nitrogens with two attached hydrogens (primary N) is 1. The molecule has 23 heavy (non-hydrogen) atoms. The second-order valence-corrected chi connectivity index (χ2v) is 6.92. The van der Waals surface area contributed by atoms with Crippen LogP contribution in [0.5, 0.6) is 0 Å². The van der Waals surface area contributed by atoms with Crippen LogP contribution in [0.15, 0.2) is 5.38 Å². The quantitative estimate of drug-likeness (QED) is 0.856. The number of aromatic nitrogens is 1. The number of nitrogens with zero attached hydrogens (tertiary/aromatic N) is 2. The fourth-order valence-electron chi connectivity index (χ4n) is 3.21. The maximum absolute atomic E-state index is 10.6. The summed E-state index contributed by atoms with van der Waals surface area (Å²) in [5.74, 6) is -2.76. The molecule has 3 heterocycles. The lowest BCUT2D eigenvalue weighted by molar-refractivity contribution is -0.192. The summed E-state index contributed by atoms with van der Waals surface area (Å²) in [5.41, 5.74) is 7.23. The van der Waals surface area contributed by atoms with Gasteiger partial charge in [-0.1, -0.05) is 0 Å². The van der Waals surface area contributed by atoms with Crippen LogP contribution >= 0.6 is 11.3 Å². The summed E-state index contributed by atoms with van der Waals surface area (Å²) in [6.07, 6.45) is -0.0484. The van der Waals surface area contributed by atoms with Crippen molar-refractivity contribution in [1.82, 2.24) is 9.88 Å². The fourth-order valence-corrected chi connectivity index (χ4v) is 3.99. The summed E-state index contributed by atoms with van der Waals surface area (Å²) in [5, 5.41) is 10.5. The molecule has 1 aromatic heterocycles. The maximum atomic E-state index is 10.6. The highest BCUT2D eigenvalue weighted by atomic mass is 32.1.